The predicted molar refractivity (Wildman–Crippen MR) is 138 cm³/mol. The lowest BCUT2D eigenvalue weighted by molar-refractivity contribution is 0.0935. The molecule has 3 aromatic heterocycles. The lowest BCUT2D eigenvalue weighted by atomic mass is 10.1. The number of halogens is 1. The number of thioether (sulfide) groups is 1. The topological polar surface area (TPSA) is 85.8 Å². The molecular formula is C25H20ClN5O2S2. The van der Waals surface area contributed by atoms with Gasteiger partial charge in [-0.1, -0.05) is 65.8 Å². The van der Waals surface area contributed by atoms with Gasteiger partial charge in [-0.3, -0.25) is 9.36 Å². The number of carbonyl (C=O) groups excluding carboxylic acids is 1. The number of amides is 1. The number of hydrogen-bond donors (Lipinski definition) is 1. The summed E-state index contributed by atoms with van der Waals surface area (Å²) in [6.45, 7) is 1.95. The van der Waals surface area contributed by atoms with Crippen LogP contribution >= 0.6 is 34.7 Å². The number of para-hydroxylation sites is 1. The Kier molecular flexibility index (Phi) is 6.98. The third kappa shape index (κ3) is 5.17. The van der Waals surface area contributed by atoms with Gasteiger partial charge in [-0.05, 0) is 36.8 Å². The van der Waals surface area contributed by atoms with Crippen LogP contribution in [0.15, 0.2) is 87.9 Å². The Bertz CT molecular complexity index is 1430. The van der Waals surface area contributed by atoms with Gasteiger partial charge in [0.15, 0.2) is 10.9 Å². The first kappa shape index (κ1) is 23.3. The highest BCUT2D eigenvalue weighted by atomic mass is 35.5. The zero-order valence-corrected chi connectivity index (χ0v) is 21.0. The van der Waals surface area contributed by atoms with Crippen molar-refractivity contribution < 1.29 is 9.21 Å². The molecule has 5 aromatic rings. The molecule has 0 aliphatic heterocycles. The summed E-state index contributed by atoms with van der Waals surface area (Å²) in [5.74, 6) is 1.46. The highest BCUT2D eigenvalue weighted by molar-refractivity contribution is 7.98. The van der Waals surface area contributed by atoms with Crippen LogP contribution < -0.4 is 5.32 Å². The van der Waals surface area contributed by atoms with E-state index in [0.29, 0.717) is 33.2 Å². The Hall–Kier alpha value is -3.40. The van der Waals surface area contributed by atoms with E-state index in [9.17, 15) is 4.79 Å². The maximum Gasteiger partial charge on any atom is 0.271 e. The normalized spacial score (nSPS) is 11.9. The van der Waals surface area contributed by atoms with Crippen LogP contribution in [0.4, 0.5) is 0 Å². The molecule has 5 rings (SSSR count). The summed E-state index contributed by atoms with van der Waals surface area (Å²) < 4.78 is 7.43. The molecule has 1 amide bonds. The van der Waals surface area contributed by atoms with Crippen molar-refractivity contribution in [2.24, 2.45) is 0 Å². The van der Waals surface area contributed by atoms with Crippen LogP contribution in [-0.2, 0) is 5.75 Å². The third-order valence-corrected chi connectivity index (χ3v) is 7.52. The standard InChI is InChI=1S/C25H20ClN5O2S2/c1-16(17-8-3-2-4-9-17)27-24(32)19-14-34-22(28-19)15-35-25-30-29-23(21-12-7-13-33-21)31(25)20-11-6-5-10-18(20)26/h2-14,16H,15H2,1H3,(H,27,32). The van der Waals surface area contributed by atoms with Crippen LogP contribution in [0.3, 0.4) is 0 Å². The van der Waals surface area contributed by atoms with Crippen LogP contribution in [0.5, 0.6) is 0 Å². The van der Waals surface area contributed by atoms with Gasteiger partial charge in [-0.2, -0.15) is 0 Å². The summed E-state index contributed by atoms with van der Waals surface area (Å²) in [5, 5.41) is 15.5. The van der Waals surface area contributed by atoms with Gasteiger partial charge in [0, 0.05) is 5.38 Å². The second kappa shape index (κ2) is 10.5. The average molecular weight is 522 g/mol. The molecule has 0 saturated carbocycles. The van der Waals surface area contributed by atoms with Crippen LogP contribution in [-0.4, -0.2) is 25.7 Å². The summed E-state index contributed by atoms with van der Waals surface area (Å²) in [5.41, 5.74) is 2.19. The number of furan rings is 1. The summed E-state index contributed by atoms with van der Waals surface area (Å²) in [6.07, 6.45) is 1.59. The molecule has 0 spiro atoms. The van der Waals surface area contributed by atoms with E-state index in [-0.39, 0.29) is 11.9 Å². The smallest absolute Gasteiger partial charge is 0.271 e. The first-order valence-electron chi connectivity index (χ1n) is 10.8. The number of aromatic nitrogens is 4. The van der Waals surface area contributed by atoms with Gasteiger partial charge < -0.3 is 9.73 Å². The Morgan fingerprint density at radius 2 is 1.91 bits per heavy atom. The van der Waals surface area contributed by atoms with Crippen molar-refractivity contribution in [1.82, 2.24) is 25.1 Å². The van der Waals surface area contributed by atoms with E-state index < -0.39 is 0 Å². The Morgan fingerprint density at radius 1 is 1.11 bits per heavy atom. The van der Waals surface area contributed by atoms with Gasteiger partial charge in [0.25, 0.3) is 5.91 Å². The minimum absolute atomic E-state index is 0.114. The van der Waals surface area contributed by atoms with Crippen molar-refractivity contribution in [3.05, 3.63) is 99.7 Å². The van der Waals surface area contributed by atoms with Gasteiger partial charge in [-0.15, -0.1) is 21.5 Å². The van der Waals surface area contributed by atoms with E-state index in [0.717, 1.165) is 16.3 Å². The SMILES string of the molecule is CC(NC(=O)c1csc(CSc2nnc(-c3ccco3)n2-c2ccccc2Cl)n1)c1ccccc1. The van der Waals surface area contributed by atoms with Crippen molar-refractivity contribution >= 4 is 40.6 Å². The highest BCUT2D eigenvalue weighted by Gasteiger charge is 2.21. The first-order chi connectivity index (χ1) is 17.1. The molecule has 1 N–H and O–H groups in total. The van der Waals surface area contributed by atoms with Gasteiger partial charge in [0.05, 0.1) is 28.8 Å². The van der Waals surface area contributed by atoms with Crippen molar-refractivity contribution in [2.75, 3.05) is 0 Å². The molecule has 0 aliphatic carbocycles. The second-order valence-corrected chi connectivity index (χ2v) is 9.88. The molecule has 10 heteroatoms. The van der Waals surface area contributed by atoms with E-state index in [1.165, 1.54) is 23.1 Å². The van der Waals surface area contributed by atoms with Gasteiger partial charge in [0.1, 0.15) is 10.7 Å². The number of hydrogen-bond acceptors (Lipinski definition) is 7. The number of benzene rings is 2. The quantitative estimate of drug-likeness (QED) is 0.237. The largest absolute Gasteiger partial charge is 0.461 e. The Morgan fingerprint density at radius 3 is 2.69 bits per heavy atom. The maximum absolute atomic E-state index is 12.7. The molecule has 0 aliphatic rings. The van der Waals surface area contributed by atoms with Crippen molar-refractivity contribution in [2.45, 2.75) is 23.9 Å². The van der Waals surface area contributed by atoms with Crippen molar-refractivity contribution in [3.8, 4) is 17.3 Å². The van der Waals surface area contributed by atoms with E-state index in [1.807, 2.05) is 72.2 Å². The number of nitrogens with one attached hydrogen (secondary N) is 1. The molecule has 3 heterocycles. The lowest BCUT2D eigenvalue weighted by Crippen LogP contribution is -2.26. The molecule has 1 atom stereocenters. The monoisotopic (exact) mass is 521 g/mol. The van der Waals surface area contributed by atoms with Crippen LogP contribution in [0.25, 0.3) is 17.3 Å². The third-order valence-electron chi connectivity index (χ3n) is 5.22. The molecule has 0 radical (unpaired) electrons. The zero-order valence-electron chi connectivity index (χ0n) is 18.6. The highest BCUT2D eigenvalue weighted by Crippen LogP contribution is 2.33. The van der Waals surface area contributed by atoms with Crippen LogP contribution in [0.1, 0.15) is 34.0 Å². The predicted octanol–water partition coefficient (Wildman–Crippen LogP) is 6.42. The summed E-state index contributed by atoms with van der Waals surface area (Å²) >= 11 is 9.39. The molecule has 0 saturated heterocycles. The molecule has 176 valence electrons. The van der Waals surface area contributed by atoms with Crippen molar-refractivity contribution in [3.63, 3.8) is 0 Å². The molecule has 2 aromatic carbocycles. The average Bonchev–Trinajstić information content (AvgIpc) is 3.64. The fourth-order valence-corrected chi connectivity index (χ4v) is 5.44. The maximum atomic E-state index is 12.7. The van der Waals surface area contributed by atoms with Crippen LogP contribution in [0, 0.1) is 0 Å². The fraction of sp³-hybridized carbons (Fsp3) is 0.120. The summed E-state index contributed by atoms with van der Waals surface area (Å²) in [7, 11) is 0. The second-order valence-electron chi connectivity index (χ2n) is 7.59. The van der Waals surface area contributed by atoms with Gasteiger partial charge in [0.2, 0.25) is 5.82 Å². The van der Waals surface area contributed by atoms with E-state index in [4.69, 9.17) is 16.0 Å². The van der Waals surface area contributed by atoms with Gasteiger partial charge in [-0.25, -0.2) is 4.98 Å². The number of rotatable bonds is 8. The zero-order chi connectivity index (χ0) is 24.2. The number of carbonyl (C=O) groups is 1. The number of thiazole rings is 1. The molecule has 0 bridgehead atoms. The Balaban J connectivity index is 1.33. The molecular weight excluding hydrogens is 502 g/mol. The minimum atomic E-state index is -0.201. The molecule has 1 unspecified atom stereocenters. The minimum Gasteiger partial charge on any atom is -0.461 e. The first-order valence-corrected chi connectivity index (χ1v) is 13.0. The molecule has 35 heavy (non-hydrogen) atoms. The van der Waals surface area contributed by atoms with E-state index in [2.05, 4.69) is 20.5 Å². The van der Waals surface area contributed by atoms with E-state index in [1.54, 1.807) is 17.7 Å². The molecule has 0 fully saturated rings. The fourth-order valence-electron chi connectivity index (χ4n) is 3.48. The van der Waals surface area contributed by atoms with E-state index >= 15 is 0 Å². The summed E-state index contributed by atoms with van der Waals surface area (Å²) in [6, 6.07) is 20.8. The van der Waals surface area contributed by atoms with Crippen molar-refractivity contribution in [1.29, 1.82) is 0 Å². The summed E-state index contributed by atoms with van der Waals surface area (Å²) in [4.78, 5) is 17.2. The van der Waals surface area contributed by atoms with Crippen LogP contribution in [0.2, 0.25) is 5.02 Å². The lowest BCUT2D eigenvalue weighted by Gasteiger charge is -2.13. The number of nitrogens with zero attached hydrogens (tertiary/aromatic N) is 4. The Labute approximate surface area is 215 Å². The van der Waals surface area contributed by atoms with Gasteiger partial charge >= 0.3 is 0 Å². The molecule has 7 nitrogen and oxygen atoms in total.